The number of carboxylic acids is 1. The molecule has 5 N–H and O–H groups in total. The molecule has 1 fully saturated rings. The fourth-order valence-corrected chi connectivity index (χ4v) is 3.35. The SMILES string of the molecule is CCCC(CCNC(=O)OCCCC1CC(CO)C(O)C1O)C(=O)O. The summed E-state index contributed by atoms with van der Waals surface area (Å²) >= 11 is 0. The van der Waals surface area contributed by atoms with Crippen molar-refractivity contribution in [1.29, 1.82) is 0 Å². The second-order valence-corrected chi connectivity index (χ2v) is 6.74. The van der Waals surface area contributed by atoms with Crippen molar-refractivity contribution in [2.45, 2.75) is 57.7 Å². The van der Waals surface area contributed by atoms with Crippen LogP contribution < -0.4 is 5.32 Å². The zero-order chi connectivity index (χ0) is 18.8. The normalized spacial score (nSPS) is 27.0. The van der Waals surface area contributed by atoms with Crippen LogP contribution in [0.2, 0.25) is 0 Å². The molecule has 1 aliphatic rings. The number of carbonyl (C=O) groups excluding carboxylic acids is 1. The predicted molar refractivity (Wildman–Crippen MR) is 89.9 cm³/mol. The van der Waals surface area contributed by atoms with Gasteiger partial charge in [0.15, 0.2) is 0 Å². The molecule has 1 saturated carbocycles. The maximum absolute atomic E-state index is 11.6. The van der Waals surface area contributed by atoms with Gasteiger partial charge in [-0.05, 0) is 38.0 Å². The van der Waals surface area contributed by atoms with E-state index in [0.29, 0.717) is 32.1 Å². The fourth-order valence-electron chi connectivity index (χ4n) is 3.35. The van der Waals surface area contributed by atoms with Crippen LogP contribution in [-0.2, 0) is 9.53 Å². The molecule has 5 unspecified atom stereocenters. The van der Waals surface area contributed by atoms with E-state index < -0.39 is 30.2 Å². The molecule has 5 atom stereocenters. The van der Waals surface area contributed by atoms with Gasteiger partial charge in [0.1, 0.15) is 0 Å². The van der Waals surface area contributed by atoms with Gasteiger partial charge in [0.05, 0.1) is 24.7 Å². The molecular weight excluding hydrogens is 330 g/mol. The number of amides is 1. The Morgan fingerprint density at radius 3 is 2.44 bits per heavy atom. The lowest BCUT2D eigenvalue weighted by Gasteiger charge is -2.16. The van der Waals surface area contributed by atoms with Crippen LogP contribution in [0.4, 0.5) is 4.79 Å². The van der Waals surface area contributed by atoms with Crippen molar-refractivity contribution in [3.05, 3.63) is 0 Å². The second kappa shape index (κ2) is 11.3. The predicted octanol–water partition coefficient (Wildman–Crippen LogP) is 0.734. The number of ether oxygens (including phenoxy) is 1. The molecule has 0 aromatic rings. The van der Waals surface area contributed by atoms with Crippen LogP contribution in [0.25, 0.3) is 0 Å². The molecular formula is C17H31NO7. The number of aliphatic hydroxyl groups is 3. The van der Waals surface area contributed by atoms with E-state index in [2.05, 4.69) is 5.32 Å². The van der Waals surface area contributed by atoms with Gasteiger partial charge >= 0.3 is 12.1 Å². The Morgan fingerprint density at radius 1 is 1.20 bits per heavy atom. The van der Waals surface area contributed by atoms with Gasteiger partial charge in [-0.3, -0.25) is 4.79 Å². The van der Waals surface area contributed by atoms with Crippen LogP contribution in [-0.4, -0.2) is 64.5 Å². The number of hydrogen-bond donors (Lipinski definition) is 5. The Hall–Kier alpha value is -1.38. The summed E-state index contributed by atoms with van der Waals surface area (Å²) in [6.45, 7) is 2.21. The number of alkyl carbamates (subject to hydrolysis) is 1. The molecule has 8 heteroatoms. The van der Waals surface area contributed by atoms with Crippen LogP contribution in [0.15, 0.2) is 0 Å². The zero-order valence-electron chi connectivity index (χ0n) is 14.8. The average molecular weight is 361 g/mol. The van der Waals surface area contributed by atoms with E-state index >= 15 is 0 Å². The summed E-state index contributed by atoms with van der Waals surface area (Å²) < 4.78 is 5.03. The topological polar surface area (TPSA) is 136 Å². The van der Waals surface area contributed by atoms with Gasteiger partial charge in [-0.2, -0.15) is 0 Å². The van der Waals surface area contributed by atoms with Crippen LogP contribution in [0.5, 0.6) is 0 Å². The quantitative estimate of drug-likeness (QED) is 0.342. The minimum absolute atomic E-state index is 0.107. The highest BCUT2D eigenvalue weighted by molar-refractivity contribution is 5.70. The lowest BCUT2D eigenvalue weighted by molar-refractivity contribution is -0.142. The Kier molecular flexibility index (Phi) is 9.77. The fraction of sp³-hybridized carbons (Fsp3) is 0.882. The Labute approximate surface area is 148 Å². The van der Waals surface area contributed by atoms with Gasteiger partial charge in [-0.1, -0.05) is 13.3 Å². The minimum atomic E-state index is -0.899. The molecule has 1 rings (SSSR count). The molecule has 0 aliphatic heterocycles. The molecule has 0 aromatic heterocycles. The maximum Gasteiger partial charge on any atom is 0.407 e. The Bertz CT molecular complexity index is 418. The van der Waals surface area contributed by atoms with Gasteiger partial charge in [0.2, 0.25) is 0 Å². The molecule has 0 heterocycles. The molecule has 25 heavy (non-hydrogen) atoms. The van der Waals surface area contributed by atoms with Crippen molar-refractivity contribution in [3.8, 4) is 0 Å². The van der Waals surface area contributed by atoms with Crippen molar-refractivity contribution >= 4 is 12.1 Å². The molecule has 1 amide bonds. The molecule has 1 aliphatic carbocycles. The number of nitrogens with one attached hydrogen (secondary N) is 1. The average Bonchev–Trinajstić information content (AvgIpc) is 2.85. The highest BCUT2D eigenvalue weighted by Crippen LogP contribution is 2.34. The summed E-state index contributed by atoms with van der Waals surface area (Å²) in [5, 5.41) is 40.3. The van der Waals surface area contributed by atoms with Crippen molar-refractivity contribution in [2.75, 3.05) is 19.8 Å². The second-order valence-electron chi connectivity index (χ2n) is 6.74. The summed E-state index contributed by atoms with van der Waals surface area (Å²) in [6.07, 6.45) is 1.10. The van der Waals surface area contributed by atoms with Gasteiger partial charge in [0.25, 0.3) is 0 Å². The first-order chi connectivity index (χ1) is 11.9. The lowest BCUT2D eigenvalue weighted by atomic mass is 9.99. The van der Waals surface area contributed by atoms with Crippen molar-refractivity contribution in [2.24, 2.45) is 17.8 Å². The molecule has 0 aromatic carbocycles. The van der Waals surface area contributed by atoms with Gasteiger partial charge in [-0.15, -0.1) is 0 Å². The molecule has 0 saturated heterocycles. The van der Waals surface area contributed by atoms with Crippen LogP contribution >= 0.6 is 0 Å². The molecule has 146 valence electrons. The van der Waals surface area contributed by atoms with E-state index in [4.69, 9.17) is 14.9 Å². The number of carbonyl (C=O) groups is 2. The third-order valence-corrected chi connectivity index (χ3v) is 4.86. The lowest BCUT2D eigenvalue weighted by Crippen LogP contribution is -2.30. The highest BCUT2D eigenvalue weighted by atomic mass is 16.5. The van der Waals surface area contributed by atoms with E-state index in [1.54, 1.807) is 0 Å². The van der Waals surface area contributed by atoms with Gasteiger partial charge in [-0.25, -0.2) is 4.79 Å². The smallest absolute Gasteiger partial charge is 0.407 e. The number of aliphatic hydroxyl groups excluding tert-OH is 3. The van der Waals surface area contributed by atoms with E-state index in [-0.39, 0.29) is 31.6 Å². The van der Waals surface area contributed by atoms with Crippen molar-refractivity contribution in [3.63, 3.8) is 0 Å². The molecule has 0 spiro atoms. The number of aliphatic carboxylic acids is 1. The zero-order valence-corrected chi connectivity index (χ0v) is 14.8. The summed E-state index contributed by atoms with van der Waals surface area (Å²) in [5.41, 5.74) is 0. The van der Waals surface area contributed by atoms with Gasteiger partial charge in [0, 0.05) is 19.1 Å². The van der Waals surface area contributed by atoms with E-state index in [1.165, 1.54) is 0 Å². The number of hydrogen-bond acceptors (Lipinski definition) is 6. The van der Waals surface area contributed by atoms with Crippen molar-refractivity contribution in [1.82, 2.24) is 5.32 Å². The minimum Gasteiger partial charge on any atom is -0.481 e. The standard InChI is InChI=1S/C17H31NO7/c1-2-4-11(16(22)23)6-7-18-17(24)25-8-3-5-12-9-13(10-19)15(21)14(12)20/h11-15,19-21H,2-10H2,1H3,(H,18,24)(H,22,23). The highest BCUT2D eigenvalue weighted by Gasteiger charge is 2.40. The van der Waals surface area contributed by atoms with Crippen molar-refractivity contribution < 1.29 is 34.8 Å². The Balaban J connectivity index is 2.14. The Morgan fingerprint density at radius 2 is 1.88 bits per heavy atom. The maximum atomic E-state index is 11.6. The van der Waals surface area contributed by atoms with Crippen LogP contribution in [0.3, 0.4) is 0 Å². The van der Waals surface area contributed by atoms with E-state index in [1.807, 2.05) is 6.92 Å². The largest absolute Gasteiger partial charge is 0.481 e. The third kappa shape index (κ3) is 7.17. The molecule has 8 nitrogen and oxygen atoms in total. The first-order valence-electron chi connectivity index (χ1n) is 9.01. The first-order valence-corrected chi connectivity index (χ1v) is 9.01. The summed E-state index contributed by atoms with van der Waals surface area (Å²) in [5.74, 6) is -1.71. The number of rotatable bonds is 11. The molecule has 0 radical (unpaired) electrons. The summed E-state index contributed by atoms with van der Waals surface area (Å²) in [4.78, 5) is 22.6. The van der Waals surface area contributed by atoms with Crippen LogP contribution in [0, 0.1) is 17.8 Å². The third-order valence-electron chi connectivity index (χ3n) is 4.86. The molecule has 0 bridgehead atoms. The van der Waals surface area contributed by atoms with E-state index in [9.17, 15) is 19.8 Å². The monoisotopic (exact) mass is 361 g/mol. The number of carboxylic acid groups (broad SMARTS) is 1. The van der Waals surface area contributed by atoms with E-state index in [0.717, 1.165) is 6.42 Å². The first kappa shape index (κ1) is 21.7. The van der Waals surface area contributed by atoms with Crippen LogP contribution in [0.1, 0.15) is 45.4 Å². The summed E-state index contributed by atoms with van der Waals surface area (Å²) in [7, 11) is 0. The van der Waals surface area contributed by atoms with Gasteiger partial charge < -0.3 is 30.5 Å². The summed E-state index contributed by atoms with van der Waals surface area (Å²) in [6, 6.07) is 0.